The Bertz CT molecular complexity index is 332. The zero-order valence-electron chi connectivity index (χ0n) is 13.9. The molecule has 0 radical (unpaired) electrons. The van der Waals surface area contributed by atoms with Crippen LogP contribution in [0.1, 0.15) is 77.6 Å². The van der Waals surface area contributed by atoms with Gasteiger partial charge in [0.1, 0.15) is 0 Å². The van der Waals surface area contributed by atoms with Crippen LogP contribution in [0.2, 0.25) is 0 Å². The average Bonchev–Trinajstić information content (AvgIpc) is 3.22. The molecule has 0 aromatic heterocycles. The highest BCUT2D eigenvalue weighted by atomic mass is 16.5. The fraction of sp³-hybridized carbons (Fsp3) is 1.00. The van der Waals surface area contributed by atoms with Crippen LogP contribution in [0.5, 0.6) is 0 Å². The molecule has 3 nitrogen and oxygen atoms in total. The highest BCUT2D eigenvalue weighted by Crippen LogP contribution is 2.44. The topological polar surface area (TPSA) is 38.5 Å². The molecule has 3 fully saturated rings. The summed E-state index contributed by atoms with van der Waals surface area (Å²) in [5, 5.41) is 0. The molecule has 1 atom stereocenters. The Morgan fingerprint density at radius 3 is 2.33 bits per heavy atom. The van der Waals surface area contributed by atoms with Crippen molar-refractivity contribution in [3.05, 3.63) is 0 Å². The molecule has 3 rings (SSSR count). The Labute approximate surface area is 130 Å². The second-order valence-corrected chi connectivity index (χ2v) is 7.75. The van der Waals surface area contributed by atoms with Gasteiger partial charge in [-0.25, -0.2) is 0 Å². The van der Waals surface area contributed by atoms with E-state index >= 15 is 0 Å². The van der Waals surface area contributed by atoms with Crippen molar-refractivity contribution >= 4 is 0 Å². The monoisotopic (exact) mass is 294 g/mol. The third-order valence-corrected chi connectivity index (χ3v) is 6.36. The molecule has 0 amide bonds. The fourth-order valence-electron chi connectivity index (χ4n) is 5.13. The molecule has 2 saturated carbocycles. The third-order valence-electron chi connectivity index (χ3n) is 6.36. The predicted octanol–water partition coefficient (Wildman–Crippen LogP) is 3.46. The van der Waals surface area contributed by atoms with Gasteiger partial charge in [0, 0.05) is 18.6 Å². The molecule has 0 bridgehead atoms. The van der Waals surface area contributed by atoms with E-state index in [-0.39, 0.29) is 11.1 Å². The Balaban J connectivity index is 1.62. The van der Waals surface area contributed by atoms with Gasteiger partial charge in [0.15, 0.2) is 0 Å². The summed E-state index contributed by atoms with van der Waals surface area (Å²) in [6.45, 7) is 5.42. The predicted molar refractivity (Wildman–Crippen MR) is 87.4 cm³/mol. The SMILES string of the molecule is CCCN(CC1CCC2(CCCC2)O1)C1(CN)CCCC1. The van der Waals surface area contributed by atoms with Gasteiger partial charge in [0.05, 0.1) is 11.7 Å². The first-order valence-corrected chi connectivity index (χ1v) is 9.35. The van der Waals surface area contributed by atoms with Crippen LogP contribution in [0.25, 0.3) is 0 Å². The van der Waals surface area contributed by atoms with Gasteiger partial charge in [-0.05, 0) is 51.5 Å². The zero-order chi connectivity index (χ0) is 14.8. The van der Waals surface area contributed by atoms with E-state index in [9.17, 15) is 0 Å². The average molecular weight is 294 g/mol. The normalized spacial score (nSPS) is 30.7. The second-order valence-electron chi connectivity index (χ2n) is 7.75. The molecule has 0 aromatic rings. The van der Waals surface area contributed by atoms with Crippen molar-refractivity contribution in [1.29, 1.82) is 0 Å². The molecule has 3 heteroatoms. The molecule has 2 aliphatic carbocycles. The van der Waals surface area contributed by atoms with Crippen LogP contribution in [-0.2, 0) is 4.74 Å². The molecule has 1 heterocycles. The molecule has 1 aliphatic heterocycles. The van der Waals surface area contributed by atoms with Crippen molar-refractivity contribution in [3.63, 3.8) is 0 Å². The lowest BCUT2D eigenvalue weighted by molar-refractivity contribution is -0.0597. The number of hydrogen-bond acceptors (Lipinski definition) is 3. The molecular formula is C18H34N2O. The van der Waals surface area contributed by atoms with Gasteiger partial charge in [-0.3, -0.25) is 4.90 Å². The van der Waals surface area contributed by atoms with Crippen molar-refractivity contribution in [2.45, 2.75) is 94.8 Å². The lowest BCUT2D eigenvalue weighted by atomic mass is 9.93. The number of nitrogens with two attached hydrogens (primary N) is 1. The van der Waals surface area contributed by atoms with E-state index in [1.54, 1.807) is 0 Å². The van der Waals surface area contributed by atoms with E-state index < -0.39 is 0 Å². The van der Waals surface area contributed by atoms with Gasteiger partial charge in [0.2, 0.25) is 0 Å². The van der Waals surface area contributed by atoms with Gasteiger partial charge < -0.3 is 10.5 Å². The standard InChI is InChI=1S/C18H34N2O/c1-2-13-20(17(15-19)8-3-4-9-17)14-16-7-12-18(21-16)10-5-6-11-18/h16H,2-15,19H2,1H3. The van der Waals surface area contributed by atoms with Crippen molar-refractivity contribution < 1.29 is 4.74 Å². The number of rotatable bonds is 6. The Morgan fingerprint density at radius 1 is 1.05 bits per heavy atom. The summed E-state index contributed by atoms with van der Waals surface area (Å²) >= 11 is 0. The van der Waals surface area contributed by atoms with Gasteiger partial charge in [0.25, 0.3) is 0 Å². The first-order chi connectivity index (χ1) is 10.2. The first-order valence-electron chi connectivity index (χ1n) is 9.35. The molecule has 1 spiro atoms. The second kappa shape index (κ2) is 6.55. The van der Waals surface area contributed by atoms with Crippen molar-refractivity contribution in [3.8, 4) is 0 Å². The van der Waals surface area contributed by atoms with E-state index in [2.05, 4.69) is 11.8 Å². The summed E-state index contributed by atoms with van der Waals surface area (Å²) in [7, 11) is 0. The summed E-state index contributed by atoms with van der Waals surface area (Å²) in [5.74, 6) is 0. The highest BCUT2D eigenvalue weighted by molar-refractivity contribution is 4.99. The zero-order valence-corrected chi connectivity index (χ0v) is 13.9. The molecule has 122 valence electrons. The summed E-state index contributed by atoms with van der Waals surface area (Å²) in [6.07, 6.45) is 14.9. The lowest BCUT2D eigenvalue weighted by Crippen LogP contribution is -2.54. The van der Waals surface area contributed by atoms with E-state index in [0.717, 1.165) is 13.1 Å². The minimum atomic E-state index is 0.272. The van der Waals surface area contributed by atoms with Gasteiger partial charge in [-0.2, -0.15) is 0 Å². The molecule has 21 heavy (non-hydrogen) atoms. The smallest absolute Gasteiger partial charge is 0.0710 e. The largest absolute Gasteiger partial charge is 0.370 e. The van der Waals surface area contributed by atoms with Crippen LogP contribution in [0.3, 0.4) is 0 Å². The van der Waals surface area contributed by atoms with Gasteiger partial charge in [-0.15, -0.1) is 0 Å². The molecule has 2 N–H and O–H groups in total. The lowest BCUT2D eigenvalue weighted by Gasteiger charge is -2.42. The van der Waals surface area contributed by atoms with Gasteiger partial charge >= 0.3 is 0 Å². The van der Waals surface area contributed by atoms with Crippen LogP contribution >= 0.6 is 0 Å². The molecule has 1 saturated heterocycles. The number of nitrogens with zero attached hydrogens (tertiary/aromatic N) is 1. The van der Waals surface area contributed by atoms with E-state index in [1.165, 1.54) is 77.2 Å². The van der Waals surface area contributed by atoms with Gasteiger partial charge in [-0.1, -0.05) is 32.6 Å². The van der Waals surface area contributed by atoms with E-state index in [0.29, 0.717) is 6.10 Å². The van der Waals surface area contributed by atoms with Crippen molar-refractivity contribution in [1.82, 2.24) is 4.90 Å². The van der Waals surface area contributed by atoms with Crippen molar-refractivity contribution in [2.24, 2.45) is 5.73 Å². The maximum Gasteiger partial charge on any atom is 0.0710 e. The minimum absolute atomic E-state index is 0.272. The third kappa shape index (κ3) is 3.16. The maximum absolute atomic E-state index is 6.55. The van der Waals surface area contributed by atoms with Crippen LogP contribution < -0.4 is 5.73 Å². The van der Waals surface area contributed by atoms with Crippen LogP contribution in [0, 0.1) is 0 Å². The highest BCUT2D eigenvalue weighted by Gasteiger charge is 2.45. The van der Waals surface area contributed by atoms with Crippen LogP contribution in [-0.4, -0.2) is 41.8 Å². The fourth-order valence-corrected chi connectivity index (χ4v) is 5.13. The Hall–Kier alpha value is -0.120. The van der Waals surface area contributed by atoms with E-state index in [4.69, 9.17) is 10.5 Å². The molecule has 0 aromatic carbocycles. The number of hydrogen-bond donors (Lipinski definition) is 1. The van der Waals surface area contributed by atoms with Crippen molar-refractivity contribution in [2.75, 3.05) is 19.6 Å². The molecule has 3 aliphatic rings. The maximum atomic E-state index is 6.55. The number of ether oxygens (including phenoxy) is 1. The quantitative estimate of drug-likeness (QED) is 0.815. The summed E-state index contributed by atoms with van der Waals surface area (Å²) in [5.41, 5.74) is 6.76. The Kier molecular flexibility index (Phi) is 4.92. The van der Waals surface area contributed by atoms with Crippen LogP contribution in [0.15, 0.2) is 0 Å². The molecular weight excluding hydrogens is 260 g/mol. The molecule has 1 unspecified atom stereocenters. The summed E-state index contributed by atoms with van der Waals surface area (Å²) in [6, 6.07) is 0. The summed E-state index contributed by atoms with van der Waals surface area (Å²) in [4.78, 5) is 2.71. The first kappa shape index (κ1) is 15.8. The van der Waals surface area contributed by atoms with Crippen LogP contribution in [0.4, 0.5) is 0 Å². The summed E-state index contributed by atoms with van der Waals surface area (Å²) < 4.78 is 6.55. The minimum Gasteiger partial charge on any atom is -0.370 e. The Morgan fingerprint density at radius 2 is 1.71 bits per heavy atom. The van der Waals surface area contributed by atoms with E-state index in [1.807, 2.05) is 0 Å².